The zero-order valence-corrected chi connectivity index (χ0v) is 7.14. The number of ether oxygens (including phenoxy) is 2. The molecule has 1 fully saturated rings. The standard InChI is InChI=1S/C9H16O2/c1-3-4-5-9-6-7-10-8(2)11-9/h9H,2-7H2,1H3. The van der Waals surface area contributed by atoms with Gasteiger partial charge in [0.05, 0.1) is 6.61 Å². The first-order valence-corrected chi connectivity index (χ1v) is 4.31. The van der Waals surface area contributed by atoms with Gasteiger partial charge in [-0.3, -0.25) is 0 Å². The van der Waals surface area contributed by atoms with Crippen LogP contribution in [0.2, 0.25) is 0 Å². The van der Waals surface area contributed by atoms with Gasteiger partial charge in [0.25, 0.3) is 5.95 Å². The highest BCUT2D eigenvalue weighted by molar-refractivity contribution is 4.76. The van der Waals surface area contributed by atoms with Crippen LogP contribution in [0.1, 0.15) is 32.6 Å². The minimum absolute atomic E-state index is 0.358. The van der Waals surface area contributed by atoms with Crippen LogP contribution in [0.5, 0.6) is 0 Å². The maximum Gasteiger partial charge on any atom is 0.271 e. The van der Waals surface area contributed by atoms with Crippen molar-refractivity contribution in [3.05, 3.63) is 12.5 Å². The van der Waals surface area contributed by atoms with Crippen molar-refractivity contribution in [3.63, 3.8) is 0 Å². The lowest BCUT2D eigenvalue weighted by Gasteiger charge is -2.25. The van der Waals surface area contributed by atoms with Crippen LogP contribution in [0, 0.1) is 0 Å². The largest absolute Gasteiger partial charge is 0.466 e. The summed E-state index contributed by atoms with van der Waals surface area (Å²) in [6.07, 6.45) is 4.97. The lowest BCUT2D eigenvalue weighted by molar-refractivity contribution is -0.0651. The quantitative estimate of drug-likeness (QED) is 0.625. The van der Waals surface area contributed by atoms with E-state index in [0.717, 1.165) is 19.4 Å². The molecule has 0 aromatic rings. The van der Waals surface area contributed by atoms with Gasteiger partial charge in [-0.2, -0.15) is 0 Å². The zero-order valence-electron chi connectivity index (χ0n) is 7.14. The van der Waals surface area contributed by atoms with E-state index >= 15 is 0 Å². The smallest absolute Gasteiger partial charge is 0.271 e. The topological polar surface area (TPSA) is 18.5 Å². The Labute approximate surface area is 68.2 Å². The van der Waals surface area contributed by atoms with E-state index in [1.54, 1.807) is 0 Å². The molecule has 1 heterocycles. The summed E-state index contributed by atoms with van der Waals surface area (Å²) < 4.78 is 10.4. The van der Waals surface area contributed by atoms with Gasteiger partial charge in [0.15, 0.2) is 0 Å². The molecular weight excluding hydrogens is 140 g/mol. The normalized spacial score (nSPS) is 24.1. The van der Waals surface area contributed by atoms with Crippen LogP contribution in [0.4, 0.5) is 0 Å². The SMILES string of the molecule is C=C1OCCC(CCCC)O1. The zero-order chi connectivity index (χ0) is 8.10. The third-order valence-corrected chi connectivity index (χ3v) is 1.88. The van der Waals surface area contributed by atoms with Gasteiger partial charge in [-0.1, -0.05) is 19.8 Å². The molecule has 0 N–H and O–H groups in total. The van der Waals surface area contributed by atoms with Crippen molar-refractivity contribution < 1.29 is 9.47 Å². The first-order valence-electron chi connectivity index (χ1n) is 4.31. The Morgan fingerprint density at radius 3 is 3.09 bits per heavy atom. The lowest BCUT2D eigenvalue weighted by atomic mass is 10.1. The van der Waals surface area contributed by atoms with Crippen molar-refractivity contribution in [3.8, 4) is 0 Å². The molecule has 11 heavy (non-hydrogen) atoms. The molecule has 0 saturated carbocycles. The summed E-state index contributed by atoms with van der Waals surface area (Å²) in [4.78, 5) is 0. The second-order valence-electron chi connectivity index (χ2n) is 2.89. The highest BCUT2D eigenvalue weighted by Crippen LogP contribution is 2.18. The Hall–Kier alpha value is -0.660. The Balaban J connectivity index is 2.17. The summed E-state index contributed by atoms with van der Waals surface area (Å²) >= 11 is 0. The van der Waals surface area contributed by atoms with E-state index in [2.05, 4.69) is 13.5 Å². The van der Waals surface area contributed by atoms with Crippen molar-refractivity contribution in [1.82, 2.24) is 0 Å². The van der Waals surface area contributed by atoms with Crippen molar-refractivity contribution in [2.24, 2.45) is 0 Å². The van der Waals surface area contributed by atoms with Crippen molar-refractivity contribution >= 4 is 0 Å². The average Bonchev–Trinajstić information content (AvgIpc) is 2.01. The number of unbranched alkanes of at least 4 members (excludes halogenated alkanes) is 1. The molecule has 1 aliphatic heterocycles. The van der Waals surface area contributed by atoms with Gasteiger partial charge in [0.2, 0.25) is 0 Å². The van der Waals surface area contributed by atoms with E-state index in [-0.39, 0.29) is 0 Å². The molecule has 2 nitrogen and oxygen atoms in total. The predicted molar refractivity (Wildman–Crippen MR) is 44.1 cm³/mol. The lowest BCUT2D eigenvalue weighted by Crippen LogP contribution is -2.21. The monoisotopic (exact) mass is 156 g/mol. The number of hydrogen-bond acceptors (Lipinski definition) is 2. The molecular formula is C9H16O2. The minimum Gasteiger partial charge on any atom is -0.466 e. The highest BCUT2D eigenvalue weighted by Gasteiger charge is 2.16. The molecule has 0 aromatic carbocycles. The molecule has 1 rings (SSSR count). The van der Waals surface area contributed by atoms with E-state index < -0.39 is 0 Å². The summed E-state index contributed by atoms with van der Waals surface area (Å²) in [5.41, 5.74) is 0. The third kappa shape index (κ3) is 2.83. The van der Waals surface area contributed by atoms with Gasteiger partial charge in [-0.25, -0.2) is 0 Å². The van der Waals surface area contributed by atoms with Crippen LogP contribution in [0.15, 0.2) is 12.5 Å². The van der Waals surface area contributed by atoms with E-state index in [0.29, 0.717) is 12.0 Å². The molecule has 1 unspecified atom stereocenters. The third-order valence-electron chi connectivity index (χ3n) is 1.88. The van der Waals surface area contributed by atoms with Gasteiger partial charge in [0.1, 0.15) is 6.10 Å². The summed E-state index contributed by atoms with van der Waals surface area (Å²) in [6, 6.07) is 0. The van der Waals surface area contributed by atoms with Gasteiger partial charge in [0, 0.05) is 6.42 Å². The maximum absolute atomic E-state index is 5.37. The van der Waals surface area contributed by atoms with Crippen molar-refractivity contribution in [1.29, 1.82) is 0 Å². The first kappa shape index (κ1) is 8.44. The van der Waals surface area contributed by atoms with E-state index in [4.69, 9.17) is 9.47 Å². The fourth-order valence-electron chi connectivity index (χ4n) is 1.22. The second-order valence-corrected chi connectivity index (χ2v) is 2.89. The predicted octanol–water partition coefficient (Wildman–Crippen LogP) is 2.45. The molecule has 1 aliphatic rings. The first-order chi connectivity index (χ1) is 5.33. The van der Waals surface area contributed by atoms with E-state index in [9.17, 15) is 0 Å². The highest BCUT2D eigenvalue weighted by atomic mass is 16.7. The Bertz CT molecular complexity index is 132. The minimum atomic E-state index is 0.358. The molecule has 0 radical (unpaired) electrons. The molecule has 0 amide bonds. The molecule has 0 spiro atoms. The molecule has 0 aliphatic carbocycles. The summed E-state index contributed by atoms with van der Waals surface area (Å²) in [6.45, 7) is 6.59. The van der Waals surface area contributed by atoms with Gasteiger partial charge < -0.3 is 9.47 Å². The average molecular weight is 156 g/mol. The Morgan fingerprint density at radius 2 is 2.45 bits per heavy atom. The summed E-state index contributed by atoms with van der Waals surface area (Å²) in [5.74, 6) is 0.498. The van der Waals surface area contributed by atoms with Gasteiger partial charge in [-0.15, -0.1) is 0 Å². The second kappa shape index (κ2) is 4.27. The molecule has 1 saturated heterocycles. The molecule has 0 bridgehead atoms. The van der Waals surface area contributed by atoms with Crippen LogP contribution in [0.3, 0.4) is 0 Å². The maximum atomic E-state index is 5.37. The van der Waals surface area contributed by atoms with Crippen molar-refractivity contribution in [2.75, 3.05) is 6.61 Å². The van der Waals surface area contributed by atoms with E-state index in [1.807, 2.05) is 0 Å². The number of hydrogen-bond donors (Lipinski definition) is 0. The van der Waals surface area contributed by atoms with Crippen LogP contribution in [-0.4, -0.2) is 12.7 Å². The molecule has 1 atom stereocenters. The van der Waals surface area contributed by atoms with Crippen molar-refractivity contribution in [2.45, 2.75) is 38.7 Å². The fraction of sp³-hybridized carbons (Fsp3) is 0.778. The molecule has 0 aromatic heterocycles. The fourth-order valence-corrected chi connectivity index (χ4v) is 1.22. The van der Waals surface area contributed by atoms with Gasteiger partial charge >= 0.3 is 0 Å². The number of rotatable bonds is 3. The van der Waals surface area contributed by atoms with Crippen LogP contribution in [0.25, 0.3) is 0 Å². The summed E-state index contributed by atoms with van der Waals surface area (Å²) in [5, 5.41) is 0. The molecule has 2 heteroatoms. The Morgan fingerprint density at radius 1 is 1.64 bits per heavy atom. The van der Waals surface area contributed by atoms with Crippen LogP contribution >= 0.6 is 0 Å². The Kier molecular flexibility index (Phi) is 3.27. The van der Waals surface area contributed by atoms with E-state index in [1.165, 1.54) is 12.8 Å². The van der Waals surface area contributed by atoms with Gasteiger partial charge in [-0.05, 0) is 13.0 Å². The van der Waals surface area contributed by atoms with Crippen LogP contribution in [-0.2, 0) is 9.47 Å². The molecule has 64 valence electrons. The van der Waals surface area contributed by atoms with Crippen LogP contribution < -0.4 is 0 Å². The summed E-state index contributed by atoms with van der Waals surface area (Å²) in [7, 11) is 0.